The van der Waals surface area contributed by atoms with Crippen LogP contribution < -0.4 is 11.1 Å². The Morgan fingerprint density at radius 3 is 2.55 bits per heavy atom. The maximum Gasteiger partial charge on any atom is 0.258 e. The van der Waals surface area contributed by atoms with Gasteiger partial charge in [-0.3, -0.25) is 4.79 Å². The molecule has 0 bridgehead atoms. The molecule has 0 spiro atoms. The van der Waals surface area contributed by atoms with Gasteiger partial charge in [-0.2, -0.15) is 0 Å². The van der Waals surface area contributed by atoms with E-state index in [2.05, 4.69) is 21.2 Å². The zero-order valence-electron chi connectivity index (χ0n) is 9.88. The molecule has 2 rings (SSSR count). The van der Waals surface area contributed by atoms with Crippen molar-refractivity contribution in [3.8, 4) is 0 Å². The van der Waals surface area contributed by atoms with Crippen molar-refractivity contribution in [2.24, 2.45) is 0 Å². The smallest absolute Gasteiger partial charge is 0.258 e. The molecule has 0 aliphatic heterocycles. The van der Waals surface area contributed by atoms with E-state index in [9.17, 15) is 13.6 Å². The van der Waals surface area contributed by atoms with Crippen LogP contribution in [0.25, 0.3) is 0 Å². The molecule has 0 atom stereocenters. The molecule has 2 aromatic carbocycles. The number of nitrogen functional groups attached to an aromatic ring is 1. The van der Waals surface area contributed by atoms with E-state index in [1.54, 1.807) is 18.2 Å². The second-order valence-electron chi connectivity index (χ2n) is 3.94. The van der Waals surface area contributed by atoms with E-state index in [1.807, 2.05) is 0 Å². The zero-order chi connectivity index (χ0) is 14.9. The summed E-state index contributed by atoms with van der Waals surface area (Å²) in [6.45, 7) is 0. The fourth-order valence-electron chi connectivity index (χ4n) is 1.50. The molecule has 2 aromatic rings. The SMILES string of the molecule is Nc1ccc(NC(=O)c2cc(F)c(Cl)cc2F)cc1Br. The topological polar surface area (TPSA) is 55.1 Å². The summed E-state index contributed by atoms with van der Waals surface area (Å²) < 4.78 is 27.4. The van der Waals surface area contributed by atoms with Crippen LogP contribution in [0.15, 0.2) is 34.8 Å². The summed E-state index contributed by atoms with van der Waals surface area (Å²) in [4.78, 5) is 11.9. The molecule has 0 aliphatic carbocycles. The normalized spacial score (nSPS) is 10.4. The monoisotopic (exact) mass is 360 g/mol. The van der Waals surface area contributed by atoms with Crippen molar-refractivity contribution in [2.75, 3.05) is 11.1 Å². The van der Waals surface area contributed by atoms with Crippen molar-refractivity contribution in [1.29, 1.82) is 0 Å². The Morgan fingerprint density at radius 2 is 1.90 bits per heavy atom. The summed E-state index contributed by atoms with van der Waals surface area (Å²) in [6, 6.07) is 6.17. The Balaban J connectivity index is 2.28. The number of nitrogens with two attached hydrogens (primary N) is 1. The van der Waals surface area contributed by atoms with Crippen LogP contribution in [0.1, 0.15) is 10.4 Å². The first-order valence-electron chi connectivity index (χ1n) is 5.39. The van der Waals surface area contributed by atoms with Crippen LogP contribution in [0.5, 0.6) is 0 Å². The molecule has 0 unspecified atom stereocenters. The first-order valence-corrected chi connectivity index (χ1v) is 6.56. The maximum atomic E-state index is 13.6. The quantitative estimate of drug-likeness (QED) is 0.622. The third-order valence-corrected chi connectivity index (χ3v) is 3.49. The highest BCUT2D eigenvalue weighted by molar-refractivity contribution is 9.10. The van der Waals surface area contributed by atoms with Gasteiger partial charge in [0.05, 0.1) is 10.6 Å². The van der Waals surface area contributed by atoms with Gasteiger partial charge < -0.3 is 11.1 Å². The van der Waals surface area contributed by atoms with E-state index in [4.69, 9.17) is 17.3 Å². The van der Waals surface area contributed by atoms with Gasteiger partial charge in [0.25, 0.3) is 5.91 Å². The Kier molecular flexibility index (Phi) is 4.25. The Bertz CT molecular complexity index is 694. The lowest BCUT2D eigenvalue weighted by molar-refractivity contribution is 0.102. The van der Waals surface area contributed by atoms with Crippen molar-refractivity contribution in [3.63, 3.8) is 0 Å². The number of rotatable bonds is 2. The minimum absolute atomic E-state index is 0.380. The number of hydrogen-bond acceptors (Lipinski definition) is 2. The summed E-state index contributed by atoms with van der Waals surface area (Å²) in [5.41, 5.74) is 6.06. The van der Waals surface area contributed by atoms with E-state index in [0.717, 1.165) is 12.1 Å². The van der Waals surface area contributed by atoms with Gasteiger partial charge in [-0.25, -0.2) is 8.78 Å². The third-order valence-electron chi connectivity index (χ3n) is 2.51. The van der Waals surface area contributed by atoms with Gasteiger partial charge in [0, 0.05) is 15.8 Å². The van der Waals surface area contributed by atoms with Gasteiger partial charge in [0.15, 0.2) is 0 Å². The molecule has 0 aliphatic rings. The van der Waals surface area contributed by atoms with E-state index in [1.165, 1.54) is 0 Å². The first kappa shape index (κ1) is 14.7. The maximum absolute atomic E-state index is 13.6. The van der Waals surface area contributed by atoms with Crippen LogP contribution in [0, 0.1) is 11.6 Å². The lowest BCUT2D eigenvalue weighted by Crippen LogP contribution is -2.14. The predicted octanol–water partition coefficient (Wildman–Crippen LogP) is 4.22. The fourth-order valence-corrected chi connectivity index (χ4v) is 2.03. The summed E-state index contributed by atoms with van der Waals surface area (Å²) in [5, 5.41) is 2.06. The van der Waals surface area contributed by atoms with Gasteiger partial charge in [-0.15, -0.1) is 0 Å². The molecule has 3 N–H and O–H groups in total. The van der Waals surface area contributed by atoms with Crippen LogP contribution in [0.4, 0.5) is 20.2 Å². The zero-order valence-corrected chi connectivity index (χ0v) is 12.2. The molecule has 7 heteroatoms. The highest BCUT2D eigenvalue weighted by atomic mass is 79.9. The third kappa shape index (κ3) is 3.08. The van der Waals surface area contributed by atoms with Crippen molar-refractivity contribution in [2.45, 2.75) is 0 Å². The van der Waals surface area contributed by atoms with Gasteiger partial charge in [0.1, 0.15) is 11.6 Å². The van der Waals surface area contributed by atoms with Gasteiger partial charge in [-0.05, 0) is 46.3 Å². The van der Waals surface area contributed by atoms with Crippen molar-refractivity contribution in [3.05, 3.63) is 57.0 Å². The summed E-state index contributed by atoms with van der Waals surface area (Å²) in [5.74, 6) is -2.55. The number of hydrogen-bond donors (Lipinski definition) is 2. The second-order valence-corrected chi connectivity index (χ2v) is 5.20. The van der Waals surface area contributed by atoms with Crippen LogP contribution in [0.2, 0.25) is 5.02 Å². The average molecular weight is 362 g/mol. The number of amides is 1. The van der Waals surface area contributed by atoms with E-state index >= 15 is 0 Å². The highest BCUT2D eigenvalue weighted by Gasteiger charge is 2.15. The molecule has 3 nitrogen and oxygen atoms in total. The molecule has 0 saturated heterocycles. The van der Waals surface area contributed by atoms with Crippen molar-refractivity contribution >= 4 is 44.8 Å². The van der Waals surface area contributed by atoms with Gasteiger partial charge in [-0.1, -0.05) is 11.6 Å². The van der Waals surface area contributed by atoms with Gasteiger partial charge >= 0.3 is 0 Å². The number of carbonyl (C=O) groups is 1. The summed E-state index contributed by atoms with van der Waals surface area (Å²) in [7, 11) is 0. The van der Waals surface area contributed by atoms with Crippen LogP contribution >= 0.6 is 27.5 Å². The van der Waals surface area contributed by atoms with E-state index in [-0.39, 0.29) is 5.02 Å². The first-order chi connectivity index (χ1) is 9.38. The molecule has 0 fully saturated rings. The Morgan fingerprint density at radius 1 is 1.20 bits per heavy atom. The Labute approximate surface area is 126 Å². The van der Waals surface area contributed by atoms with Crippen LogP contribution in [0.3, 0.4) is 0 Å². The Hall–Kier alpha value is -1.66. The van der Waals surface area contributed by atoms with Gasteiger partial charge in [0.2, 0.25) is 0 Å². The van der Waals surface area contributed by atoms with E-state index < -0.39 is 23.1 Å². The highest BCUT2D eigenvalue weighted by Crippen LogP contribution is 2.24. The minimum atomic E-state index is -0.900. The molecule has 1 amide bonds. The fraction of sp³-hybridized carbons (Fsp3) is 0. The summed E-state index contributed by atoms with van der Waals surface area (Å²) in [6.07, 6.45) is 0. The minimum Gasteiger partial charge on any atom is -0.398 e. The lowest BCUT2D eigenvalue weighted by Gasteiger charge is -2.08. The molecule has 20 heavy (non-hydrogen) atoms. The molecule has 0 heterocycles. The molecule has 0 saturated carbocycles. The molecular weight excluding hydrogens is 354 g/mol. The van der Waals surface area contributed by atoms with Crippen LogP contribution in [-0.2, 0) is 0 Å². The number of benzene rings is 2. The number of anilines is 2. The molecule has 104 valence electrons. The number of nitrogens with one attached hydrogen (secondary N) is 1. The van der Waals surface area contributed by atoms with Crippen molar-refractivity contribution in [1.82, 2.24) is 0 Å². The second kappa shape index (κ2) is 5.76. The standard InChI is InChI=1S/C13H8BrClF2N2O/c14-8-3-6(1-2-12(8)18)19-13(20)7-4-11(17)9(15)5-10(7)16/h1-5H,18H2,(H,19,20). The van der Waals surface area contributed by atoms with Crippen LogP contribution in [-0.4, -0.2) is 5.91 Å². The predicted molar refractivity (Wildman–Crippen MR) is 77.9 cm³/mol. The number of carbonyl (C=O) groups excluding carboxylic acids is 1. The number of halogens is 4. The van der Waals surface area contributed by atoms with Crippen molar-refractivity contribution < 1.29 is 13.6 Å². The van der Waals surface area contributed by atoms with E-state index in [0.29, 0.717) is 15.8 Å². The average Bonchev–Trinajstić information content (AvgIpc) is 2.38. The lowest BCUT2D eigenvalue weighted by atomic mass is 10.2. The molecule has 0 aromatic heterocycles. The molecular formula is C13H8BrClF2N2O. The molecule has 0 radical (unpaired) electrons. The largest absolute Gasteiger partial charge is 0.398 e. The summed E-state index contributed by atoms with van der Waals surface area (Å²) >= 11 is 8.62.